The first-order chi connectivity index (χ1) is 15.7. The van der Waals surface area contributed by atoms with E-state index in [4.69, 9.17) is 19.4 Å². The van der Waals surface area contributed by atoms with Crippen molar-refractivity contribution in [1.29, 1.82) is 0 Å². The number of ether oxygens (including phenoxy) is 2. The highest BCUT2D eigenvalue weighted by Gasteiger charge is 2.28. The summed E-state index contributed by atoms with van der Waals surface area (Å²) in [5.74, 6) is 3.53. The van der Waals surface area contributed by atoms with E-state index in [1.165, 1.54) is 16.7 Å². The summed E-state index contributed by atoms with van der Waals surface area (Å²) in [7, 11) is 3.29. The smallest absolute Gasteiger partial charge is 0.162 e. The molecule has 1 fully saturated rings. The molecular formula is C27H27N3O2. The highest BCUT2D eigenvalue weighted by Crippen LogP contribution is 2.41. The zero-order chi connectivity index (χ0) is 22.1. The number of hydrogen-bond donors (Lipinski definition) is 1. The van der Waals surface area contributed by atoms with Gasteiger partial charge in [-0.3, -0.25) is 0 Å². The lowest BCUT2D eigenvalue weighted by atomic mass is 10.00. The van der Waals surface area contributed by atoms with Gasteiger partial charge >= 0.3 is 0 Å². The first-order valence-electron chi connectivity index (χ1n) is 11.0. The summed E-state index contributed by atoms with van der Waals surface area (Å²) in [6.07, 6.45) is 2.29. The molecule has 0 radical (unpaired) electrons. The molecule has 0 amide bonds. The molecule has 1 heterocycles. The third-order valence-electron chi connectivity index (χ3n) is 6.01. The maximum absolute atomic E-state index is 5.54. The average Bonchev–Trinajstić information content (AvgIpc) is 3.69. The summed E-state index contributed by atoms with van der Waals surface area (Å²) in [5, 5.41) is 4.57. The van der Waals surface area contributed by atoms with Gasteiger partial charge in [0, 0.05) is 23.4 Å². The quantitative estimate of drug-likeness (QED) is 0.373. The second-order valence-corrected chi connectivity index (χ2v) is 8.29. The van der Waals surface area contributed by atoms with Crippen LogP contribution >= 0.6 is 0 Å². The van der Waals surface area contributed by atoms with Crippen molar-refractivity contribution in [3.63, 3.8) is 0 Å². The number of nitrogens with one attached hydrogen (secondary N) is 1. The topological polar surface area (TPSA) is 56.3 Å². The molecule has 1 unspecified atom stereocenters. The van der Waals surface area contributed by atoms with Crippen LogP contribution in [0, 0.1) is 0 Å². The van der Waals surface area contributed by atoms with Crippen molar-refractivity contribution < 1.29 is 9.47 Å². The summed E-state index contributed by atoms with van der Waals surface area (Å²) in [5.41, 5.74) is 4.48. The van der Waals surface area contributed by atoms with Gasteiger partial charge < -0.3 is 14.8 Å². The van der Waals surface area contributed by atoms with Gasteiger partial charge in [-0.2, -0.15) is 0 Å². The lowest BCUT2D eigenvalue weighted by Crippen LogP contribution is -2.10. The number of fused-ring (bicyclic) bond motifs is 1. The summed E-state index contributed by atoms with van der Waals surface area (Å²) < 4.78 is 11.0. The van der Waals surface area contributed by atoms with Crippen LogP contribution in [0.4, 0.5) is 5.82 Å². The van der Waals surface area contributed by atoms with Gasteiger partial charge in [0.15, 0.2) is 11.5 Å². The third kappa shape index (κ3) is 3.98. The molecule has 4 aromatic rings. The van der Waals surface area contributed by atoms with Gasteiger partial charge in [0.05, 0.1) is 19.7 Å². The molecule has 1 saturated carbocycles. The van der Waals surface area contributed by atoms with Gasteiger partial charge in [-0.05, 0) is 48.6 Å². The summed E-state index contributed by atoms with van der Waals surface area (Å²) in [6.45, 7) is 2.16. The minimum absolute atomic E-state index is 0.0666. The Labute approximate surface area is 188 Å². The van der Waals surface area contributed by atoms with Crippen molar-refractivity contribution in [3.05, 3.63) is 78.1 Å². The Morgan fingerprint density at radius 2 is 1.56 bits per heavy atom. The number of hydrogen-bond acceptors (Lipinski definition) is 5. The SMILES string of the molecule is COc1cc2nc(C3CC3)nc(NC(C)c3cccc(-c4ccccc4)c3)c2cc1OC. The first-order valence-corrected chi connectivity index (χ1v) is 11.0. The molecular weight excluding hydrogens is 398 g/mol. The van der Waals surface area contributed by atoms with Gasteiger partial charge in [0.1, 0.15) is 11.6 Å². The number of rotatable bonds is 7. The van der Waals surface area contributed by atoms with Crippen LogP contribution in [0.2, 0.25) is 0 Å². The average molecular weight is 426 g/mol. The molecule has 0 saturated heterocycles. The maximum Gasteiger partial charge on any atom is 0.162 e. The molecule has 5 rings (SSSR count). The second-order valence-electron chi connectivity index (χ2n) is 8.29. The Balaban J connectivity index is 1.53. The van der Waals surface area contributed by atoms with Crippen LogP contribution in [0.3, 0.4) is 0 Å². The van der Waals surface area contributed by atoms with E-state index >= 15 is 0 Å². The molecule has 1 atom stereocenters. The second kappa shape index (κ2) is 8.50. The van der Waals surface area contributed by atoms with E-state index in [1.54, 1.807) is 14.2 Å². The molecule has 5 heteroatoms. The lowest BCUT2D eigenvalue weighted by molar-refractivity contribution is 0.356. The van der Waals surface area contributed by atoms with Crippen LogP contribution in [0.25, 0.3) is 22.0 Å². The van der Waals surface area contributed by atoms with E-state index in [0.29, 0.717) is 17.4 Å². The molecule has 162 valence electrons. The van der Waals surface area contributed by atoms with E-state index in [0.717, 1.165) is 35.4 Å². The van der Waals surface area contributed by atoms with Crippen molar-refractivity contribution in [2.45, 2.75) is 31.7 Å². The molecule has 0 aliphatic heterocycles. The predicted molar refractivity (Wildman–Crippen MR) is 129 cm³/mol. The van der Waals surface area contributed by atoms with Gasteiger partial charge in [0.25, 0.3) is 0 Å². The number of nitrogens with zero attached hydrogens (tertiary/aromatic N) is 2. The highest BCUT2D eigenvalue weighted by molar-refractivity contribution is 5.92. The van der Waals surface area contributed by atoms with E-state index < -0.39 is 0 Å². The molecule has 1 aliphatic rings. The highest BCUT2D eigenvalue weighted by atomic mass is 16.5. The van der Waals surface area contributed by atoms with Crippen molar-refractivity contribution >= 4 is 16.7 Å². The van der Waals surface area contributed by atoms with Gasteiger partial charge in [0.2, 0.25) is 0 Å². The van der Waals surface area contributed by atoms with Crippen molar-refractivity contribution in [3.8, 4) is 22.6 Å². The van der Waals surface area contributed by atoms with E-state index in [9.17, 15) is 0 Å². The van der Waals surface area contributed by atoms with E-state index in [1.807, 2.05) is 18.2 Å². The monoisotopic (exact) mass is 425 g/mol. The predicted octanol–water partition coefficient (Wildman–Crippen LogP) is 6.36. The maximum atomic E-state index is 5.54. The van der Waals surface area contributed by atoms with Crippen LogP contribution in [0.15, 0.2) is 66.7 Å². The largest absolute Gasteiger partial charge is 0.493 e. The van der Waals surface area contributed by atoms with E-state index in [2.05, 4.69) is 60.8 Å². The summed E-state index contributed by atoms with van der Waals surface area (Å²) in [6, 6.07) is 23.1. The minimum Gasteiger partial charge on any atom is -0.493 e. The lowest BCUT2D eigenvalue weighted by Gasteiger charge is -2.19. The molecule has 5 nitrogen and oxygen atoms in total. The third-order valence-corrected chi connectivity index (χ3v) is 6.01. The Morgan fingerprint density at radius 1 is 0.844 bits per heavy atom. The summed E-state index contributed by atoms with van der Waals surface area (Å²) in [4.78, 5) is 9.75. The van der Waals surface area contributed by atoms with Crippen LogP contribution in [-0.4, -0.2) is 24.2 Å². The van der Waals surface area contributed by atoms with Gasteiger partial charge in [-0.25, -0.2) is 9.97 Å². The molecule has 0 bridgehead atoms. The Hall–Kier alpha value is -3.60. The fourth-order valence-corrected chi connectivity index (χ4v) is 4.01. The van der Waals surface area contributed by atoms with Crippen LogP contribution in [-0.2, 0) is 0 Å². The summed E-state index contributed by atoms with van der Waals surface area (Å²) >= 11 is 0. The molecule has 3 aromatic carbocycles. The molecule has 0 spiro atoms. The first kappa shape index (κ1) is 20.3. The van der Waals surface area contributed by atoms with Crippen LogP contribution in [0.1, 0.15) is 43.1 Å². The zero-order valence-corrected chi connectivity index (χ0v) is 18.6. The Bertz CT molecular complexity index is 1250. The van der Waals surface area contributed by atoms with Crippen molar-refractivity contribution in [2.75, 3.05) is 19.5 Å². The number of methoxy groups -OCH3 is 2. The molecule has 1 aliphatic carbocycles. The fraction of sp³-hybridized carbons (Fsp3) is 0.259. The van der Waals surface area contributed by atoms with Crippen molar-refractivity contribution in [1.82, 2.24) is 9.97 Å². The van der Waals surface area contributed by atoms with Crippen LogP contribution < -0.4 is 14.8 Å². The number of anilines is 1. The minimum atomic E-state index is 0.0666. The number of benzene rings is 3. The van der Waals surface area contributed by atoms with Crippen molar-refractivity contribution in [2.24, 2.45) is 0 Å². The Morgan fingerprint density at radius 3 is 2.28 bits per heavy atom. The fourth-order valence-electron chi connectivity index (χ4n) is 4.01. The standard InChI is InChI=1S/C27H27N3O2/c1-17(20-10-7-11-21(14-20)18-8-5-4-6-9-18)28-27-22-15-24(31-2)25(32-3)16-23(22)29-26(30-27)19-12-13-19/h4-11,14-17,19H,12-13H2,1-3H3,(H,28,29,30). The number of aromatic nitrogens is 2. The molecule has 32 heavy (non-hydrogen) atoms. The Kier molecular flexibility index (Phi) is 5.39. The molecule has 1 aromatic heterocycles. The van der Waals surface area contributed by atoms with Gasteiger partial charge in [-0.1, -0.05) is 48.5 Å². The van der Waals surface area contributed by atoms with Gasteiger partial charge in [-0.15, -0.1) is 0 Å². The van der Waals surface area contributed by atoms with E-state index in [-0.39, 0.29) is 6.04 Å². The van der Waals surface area contributed by atoms with Crippen LogP contribution in [0.5, 0.6) is 11.5 Å². The normalized spacial score (nSPS) is 14.2. The molecule has 1 N–H and O–H groups in total. The zero-order valence-electron chi connectivity index (χ0n) is 18.6.